The van der Waals surface area contributed by atoms with Crippen molar-refractivity contribution in [1.29, 1.82) is 0 Å². The first kappa shape index (κ1) is 15.7. The van der Waals surface area contributed by atoms with Crippen LogP contribution in [0.1, 0.15) is 18.4 Å². The summed E-state index contributed by atoms with van der Waals surface area (Å²) in [6, 6.07) is 1.54. The molecule has 1 aromatic rings. The zero-order valence-corrected chi connectivity index (χ0v) is 12.3. The maximum atomic E-state index is 10.7. The Bertz CT molecular complexity index is 487. The SMILES string of the molecule is Cc1cc([N+](=O)[O-])cnc1NCC1CCN(CCO)CC1. The summed E-state index contributed by atoms with van der Waals surface area (Å²) in [5.41, 5.74) is 0.817. The van der Waals surface area contributed by atoms with Crippen LogP contribution in [0.15, 0.2) is 12.3 Å². The molecule has 2 rings (SSSR count). The number of likely N-dealkylation sites (tertiary alicyclic amines) is 1. The average Bonchev–Trinajstić information content (AvgIpc) is 2.47. The van der Waals surface area contributed by atoms with E-state index >= 15 is 0 Å². The predicted octanol–water partition coefficient (Wildman–Crippen LogP) is 1.41. The number of piperidine rings is 1. The highest BCUT2D eigenvalue weighted by molar-refractivity contribution is 5.48. The minimum Gasteiger partial charge on any atom is -0.395 e. The topological polar surface area (TPSA) is 91.5 Å². The van der Waals surface area contributed by atoms with Gasteiger partial charge in [0.15, 0.2) is 0 Å². The van der Waals surface area contributed by atoms with E-state index in [-0.39, 0.29) is 12.3 Å². The molecular formula is C14H22N4O3. The normalized spacial score (nSPS) is 16.9. The van der Waals surface area contributed by atoms with Crippen molar-refractivity contribution >= 4 is 11.5 Å². The van der Waals surface area contributed by atoms with Gasteiger partial charge in [0.1, 0.15) is 12.0 Å². The summed E-state index contributed by atoms with van der Waals surface area (Å²) in [4.78, 5) is 16.6. The van der Waals surface area contributed by atoms with Crippen LogP contribution in [0.25, 0.3) is 0 Å². The van der Waals surface area contributed by atoms with Gasteiger partial charge in [0, 0.05) is 19.2 Å². The number of aryl methyl sites for hydroxylation is 1. The number of anilines is 1. The maximum absolute atomic E-state index is 10.7. The van der Waals surface area contributed by atoms with Gasteiger partial charge < -0.3 is 15.3 Å². The molecule has 1 aromatic heterocycles. The Kier molecular flexibility index (Phi) is 5.46. The van der Waals surface area contributed by atoms with Crippen molar-refractivity contribution in [2.24, 2.45) is 5.92 Å². The first-order valence-corrected chi connectivity index (χ1v) is 7.28. The lowest BCUT2D eigenvalue weighted by Crippen LogP contribution is -2.37. The van der Waals surface area contributed by atoms with E-state index in [9.17, 15) is 10.1 Å². The van der Waals surface area contributed by atoms with Crippen LogP contribution >= 0.6 is 0 Å². The number of aliphatic hydroxyl groups is 1. The highest BCUT2D eigenvalue weighted by atomic mass is 16.6. The molecule has 0 unspecified atom stereocenters. The summed E-state index contributed by atoms with van der Waals surface area (Å²) in [5.74, 6) is 1.30. The minimum absolute atomic E-state index is 0.0235. The van der Waals surface area contributed by atoms with Crippen LogP contribution in [0.2, 0.25) is 0 Å². The number of hydrogen-bond donors (Lipinski definition) is 2. The summed E-state index contributed by atoms with van der Waals surface area (Å²) in [6.45, 7) is 5.65. The largest absolute Gasteiger partial charge is 0.395 e. The van der Waals surface area contributed by atoms with Gasteiger partial charge in [-0.3, -0.25) is 10.1 Å². The van der Waals surface area contributed by atoms with Crippen molar-refractivity contribution in [3.63, 3.8) is 0 Å². The molecule has 1 fully saturated rings. The minimum atomic E-state index is -0.430. The van der Waals surface area contributed by atoms with Crippen LogP contribution in [0, 0.1) is 23.0 Å². The first-order chi connectivity index (χ1) is 10.1. The van der Waals surface area contributed by atoms with Crippen molar-refractivity contribution in [3.8, 4) is 0 Å². The second-order valence-electron chi connectivity index (χ2n) is 5.51. The smallest absolute Gasteiger partial charge is 0.287 e. The molecule has 7 nitrogen and oxygen atoms in total. The number of aromatic nitrogens is 1. The molecule has 2 heterocycles. The van der Waals surface area contributed by atoms with Gasteiger partial charge in [-0.1, -0.05) is 0 Å². The van der Waals surface area contributed by atoms with Crippen molar-refractivity contribution < 1.29 is 10.0 Å². The van der Waals surface area contributed by atoms with Gasteiger partial charge in [-0.25, -0.2) is 4.98 Å². The summed E-state index contributed by atoms with van der Waals surface area (Å²) in [5, 5.41) is 22.9. The van der Waals surface area contributed by atoms with Gasteiger partial charge in [-0.15, -0.1) is 0 Å². The molecule has 116 valence electrons. The van der Waals surface area contributed by atoms with Crippen molar-refractivity contribution in [2.75, 3.05) is 38.1 Å². The van der Waals surface area contributed by atoms with Gasteiger partial charge >= 0.3 is 0 Å². The lowest BCUT2D eigenvalue weighted by atomic mass is 9.97. The number of nitro groups is 1. The molecule has 0 aliphatic carbocycles. The standard InChI is InChI=1S/C14H22N4O3/c1-11-8-13(18(20)21)10-16-14(11)15-9-12-2-4-17(5-3-12)6-7-19/h8,10,12,19H,2-7,9H2,1H3,(H,15,16). The highest BCUT2D eigenvalue weighted by Crippen LogP contribution is 2.21. The van der Waals surface area contributed by atoms with Gasteiger partial charge in [-0.2, -0.15) is 0 Å². The molecule has 1 aliphatic rings. The van der Waals surface area contributed by atoms with Crippen LogP contribution in [-0.4, -0.2) is 52.7 Å². The van der Waals surface area contributed by atoms with Gasteiger partial charge in [-0.05, 0) is 44.3 Å². The number of β-amino-alcohol motifs (C(OH)–C–C–N with tert-alkyl or cyclic N) is 1. The third-order valence-electron chi connectivity index (χ3n) is 3.96. The Labute approximate surface area is 124 Å². The van der Waals surface area contributed by atoms with Crippen molar-refractivity contribution in [1.82, 2.24) is 9.88 Å². The molecule has 0 bridgehead atoms. The van der Waals surface area contributed by atoms with Crippen LogP contribution in [0.5, 0.6) is 0 Å². The average molecular weight is 294 g/mol. The molecule has 2 N–H and O–H groups in total. The first-order valence-electron chi connectivity index (χ1n) is 7.28. The maximum Gasteiger partial charge on any atom is 0.287 e. The van der Waals surface area contributed by atoms with E-state index in [2.05, 4.69) is 15.2 Å². The lowest BCUT2D eigenvalue weighted by molar-refractivity contribution is -0.385. The van der Waals surface area contributed by atoms with E-state index in [1.165, 1.54) is 6.20 Å². The quantitative estimate of drug-likeness (QED) is 0.609. The van der Waals surface area contributed by atoms with Crippen LogP contribution in [0.3, 0.4) is 0 Å². The Morgan fingerprint density at radius 3 is 2.81 bits per heavy atom. The third kappa shape index (κ3) is 4.37. The predicted molar refractivity (Wildman–Crippen MR) is 80.4 cm³/mol. The van der Waals surface area contributed by atoms with Crippen molar-refractivity contribution in [3.05, 3.63) is 27.9 Å². The number of pyridine rings is 1. The molecule has 0 atom stereocenters. The van der Waals surface area contributed by atoms with E-state index in [1.807, 2.05) is 6.92 Å². The molecule has 1 aliphatic heterocycles. The summed E-state index contributed by atoms with van der Waals surface area (Å²) < 4.78 is 0. The molecule has 7 heteroatoms. The molecule has 0 radical (unpaired) electrons. The fourth-order valence-corrected chi connectivity index (χ4v) is 2.64. The van der Waals surface area contributed by atoms with Gasteiger partial charge in [0.25, 0.3) is 5.69 Å². The number of rotatable bonds is 6. The molecule has 21 heavy (non-hydrogen) atoms. The van der Waals surface area contributed by atoms with Crippen LogP contribution in [-0.2, 0) is 0 Å². The zero-order chi connectivity index (χ0) is 15.2. The summed E-state index contributed by atoms with van der Waals surface area (Å²) in [6.07, 6.45) is 3.48. The van der Waals surface area contributed by atoms with E-state index in [1.54, 1.807) is 6.07 Å². The fourth-order valence-electron chi connectivity index (χ4n) is 2.64. The Morgan fingerprint density at radius 2 is 2.24 bits per heavy atom. The molecular weight excluding hydrogens is 272 g/mol. The van der Waals surface area contributed by atoms with E-state index in [4.69, 9.17) is 5.11 Å². The van der Waals surface area contributed by atoms with Crippen LogP contribution < -0.4 is 5.32 Å². The Morgan fingerprint density at radius 1 is 1.52 bits per heavy atom. The Hall–Kier alpha value is -1.73. The molecule has 1 saturated heterocycles. The Balaban J connectivity index is 1.82. The second-order valence-corrected chi connectivity index (χ2v) is 5.51. The zero-order valence-electron chi connectivity index (χ0n) is 12.3. The summed E-state index contributed by atoms with van der Waals surface area (Å²) in [7, 11) is 0. The molecule has 0 aromatic carbocycles. The number of nitrogens with one attached hydrogen (secondary N) is 1. The molecule has 0 spiro atoms. The van der Waals surface area contributed by atoms with E-state index in [0.29, 0.717) is 5.92 Å². The van der Waals surface area contributed by atoms with Gasteiger partial charge in [0.2, 0.25) is 0 Å². The lowest BCUT2D eigenvalue weighted by Gasteiger charge is -2.31. The monoisotopic (exact) mass is 294 g/mol. The number of aliphatic hydroxyl groups excluding tert-OH is 1. The fraction of sp³-hybridized carbons (Fsp3) is 0.643. The molecule has 0 saturated carbocycles. The van der Waals surface area contributed by atoms with Crippen molar-refractivity contribution in [2.45, 2.75) is 19.8 Å². The number of nitrogens with zero attached hydrogens (tertiary/aromatic N) is 3. The van der Waals surface area contributed by atoms with Crippen LogP contribution in [0.4, 0.5) is 11.5 Å². The van der Waals surface area contributed by atoms with Gasteiger partial charge in [0.05, 0.1) is 11.5 Å². The number of hydrogen-bond acceptors (Lipinski definition) is 6. The van der Waals surface area contributed by atoms with E-state index in [0.717, 1.165) is 50.4 Å². The second kappa shape index (κ2) is 7.33. The van der Waals surface area contributed by atoms with E-state index < -0.39 is 4.92 Å². The summed E-state index contributed by atoms with van der Waals surface area (Å²) >= 11 is 0. The third-order valence-corrected chi connectivity index (χ3v) is 3.96. The highest BCUT2D eigenvalue weighted by Gasteiger charge is 2.19. The molecule has 0 amide bonds.